The van der Waals surface area contributed by atoms with Crippen molar-refractivity contribution in [2.75, 3.05) is 13.7 Å². The predicted molar refractivity (Wildman–Crippen MR) is 114 cm³/mol. The number of nitrogens with one attached hydrogen (secondary N) is 1. The lowest BCUT2D eigenvalue weighted by Gasteiger charge is -2.12. The van der Waals surface area contributed by atoms with Gasteiger partial charge in [-0.1, -0.05) is 28.9 Å². The van der Waals surface area contributed by atoms with E-state index >= 15 is 0 Å². The van der Waals surface area contributed by atoms with E-state index in [0.717, 1.165) is 39.0 Å². The summed E-state index contributed by atoms with van der Waals surface area (Å²) in [5.41, 5.74) is 6.02. The molecule has 3 aromatic rings. The molecule has 0 aliphatic heterocycles. The third-order valence-electron chi connectivity index (χ3n) is 4.70. The van der Waals surface area contributed by atoms with Crippen LogP contribution in [0.2, 0.25) is 5.02 Å². The summed E-state index contributed by atoms with van der Waals surface area (Å²) >= 11 is 6.02. The van der Waals surface area contributed by atoms with Crippen molar-refractivity contribution in [3.8, 4) is 5.75 Å². The van der Waals surface area contributed by atoms with Crippen molar-refractivity contribution in [3.05, 3.63) is 63.8 Å². The van der Waals surface area contributed by atoms with Crippen molar-refractivity contribution in [1.82, 2.24) is 4.98 Å². The largest absolute Gasteiger partial charge is 0.496 e. The molecule has 0 atom stereocenters. The number of carboxylic acid groups (broad SMARTS) is 1. The van der Waals surface area contributed by atoms with Crippen LogP contribution in [0.3, 0.4) is 0 Å². The zero-order valence-corrected chi connectivity index (χ0v) is 17.3. The van der Waals surface area contributed by atoms with Crippen molar-refractivity contribution in [2.24, 2.45) is 5.16 Å². The molecule has 2 N–H and O–H groups in total. The molecule has 7 heteroatoms. The van der Waals surface area contributed by atoms with E-state index < -0.39 is 12.6 Å². The summed E-state index contributed by atoms with van der Waals surface area (Å²) in [6.07, 6.45) is 1.22. The molecule has 0 bridgehead atoms. The number of rotatable bonds is 8. The first-order valence-electron chi connectivity index (χ1n) is 9.17. The molecule has 0 spiro atoms. The van der Waals surface area contributed by atoms with Crippen molar-refractivity contribution in [2.45, 2.75) is 26.7 Å². The molecular formula is C22H23ClN2O4. The van der Waals surface area contributed by atoms with Gasteiger partial charge in [-0.15, -0.1) is 0 Å². The molecule has 0 aliphatic rings. The van der Waals surface area contributed by atoms with Gasteiger partial charge in [0, 0.05) is 40.0 Å². The van der Waals surface area contributed by atoms with Crippen LogP contribution < -0.4 is 4.74 Å². The number of carboxylic acids is 1. The summed E-state index contributed by atoms with van der Waals surface area (Å²) in [4.78, 5) is 18.9. The summed E-state index contributed by atoms with van der Waals surface area (Å²) in [7, 11) is 1.66. The smallest absolute Gasteiger partial charge is 0.344 e. The van der Waals surface area contributed by atoms with E-state index in [1.165, 1.54) is 0 Å². The molecule has 29 heavy (non-hydrogen) atoms. The van der Waals surface area contributed by atoms with Crippen LogP contribution in [-0.4, -0.2) is 35.5 Å². The monoisotopic (exact) mass is 414 g/mol. The maximum absolute atomic E-state index is 10.6. The molecule has 2 aromatic carbocycles. The number of carbonyl (C=O) groups is 1. The maximum atomic E-state index is 10.6. The molecule has 6 nitrogen and oxygen atoms in total. The van der Waals surface area contributed by atoms with Gasteiger partial charge >= 0.3 is 5.97 Å². The highest BCUT2D eigenvalue weighted by Crippen LogP contribution is 2.34. The Kier molecular flexibility index (Phi) is 6.44. The zero-order chi connectivity index (χ0) is 21.0. The van der Waals surface area contributed by atoms with Gasteiger partial charge < -0.3 is 19.7 Å². The Morgan fingerprint density at radius 3 is 2.55 bits per heavy atom. The Morgan fingerprint density at radius 2 is 1.90 bits per heavy atom. The standard InChI is InChI=1S/C22H23ClN2O4/c1-13(25-29-12-21(26)27)10-17-14(2)24-19-8-9-20(28-3)18(22(17)19)11-15-4-6-16(23)7-5-15/h4-9,24H,10-12H2,1-3H3,(H,26,27). The average molecular weight is 415 g/mol. The highest BCUT2D eigenvalue weighted by Gasteiger charge is 2.17. The molecule has 0 saturated heterocycles. The van der Waals surface area contributed by atoms with Gasteiger partial charge in [0.25, 0.3) is 0 Å². The van der Waals surface area contributed by atoms with Crippen LogP contribution in [0.5, 0.6) is 5.75 Å². The van der Waals surface area contributed by atoms with Crippen LogP contribution in [0, 0.1) is 6.92 Å². The van der Waals surface area contributed by atoms with Crippen LogP contribution in [0.25, 0.3) is 10.9 Å². The topological polar surface area (TPSA) is 83.9 Å². The highest BCUT2D eigenvalue weighted by atomic mass is 35.5. The summed E-state index contributed by atoms with van der Waals surface area (Å²) in [5, 5.41) is 14.4. The van der Waals surface area contributed by atoms with Gasteiger partial charge in [-0.25, -0.2) is 4.79 Å². The van der Waals surface area contributed by atoms with Gasteiger partial charge in [0.1, 0.15) is 5.75 Å². The Balaban J connectivity index is 2.02. The van der Waals surface area contributed by atoms with E-state index in [-0.39, 0.29) is 0 Å². The van der Waals surface area contributed by atoms with E-state index in [2.05, 4.69) is 10.1 Å². The number of benzene rings is 2. The Hall–Kier alpha value is -2.99. The normalized spacial score (nSPS) is 11.7. The SMILES string of the molecule is COc1ccc2[nH]c(C)c(CC(C)=NOCC(=O)O)c2c1Cc1ccc(Cl)cc1. The van der Waals surface area contributed by atoms with Gasteiger partial charge in [-0.3, -0.25) is 0 Å². The number of aromatic nitrogens is 1. The maximum Gasteiger partial charge on any atom is 0.344 e. The van der Waals surface area contributed by atoms with Gasteiger partial charge in [-0.05, 0) is 49.2 Å². The first kappa shape index (κ1) is 20.7. The fourth-order valence-electron chi connectivity index (χ4n) is 3.42. The molecule has 0 fully saturated rings. The zero-order valence-electron chi connectivity index (χ0n) is 16.6. The second-order valence-corrected chi connectivity index (χ2v) is 7.31. The lowest BCUT2D eigenvalue weighted by atomic mass is 9.95. The van der Waals surface area contributed by atoms with Gasteiger partial charge in [0.15, 0.2) is 0 Å². The van der Waals surface area contributed by atoms with Crippen molar-refractivity contribution in [3.63, 3.8) is 0 Å². The lowest BCUT2D eigenvalue weighted by Crippen LogP contribution is -2.06. The molecule has 1 aromatic heterocycles. The number of nitrogens with zero attached hydrogens (tertiary/aromatic N) is 1. The third kappa shape index (κ3) is 4.90. The number of H-pyrrole nitrogens is 1. The first-order chi connectivity index (χ1) is 13.9. The second kappa shape index (κ2) is 9.01. The second-order valence-electron chi connectivity index (χ2n) is 6.87. The van der Waals surface area contributed by atoms with Crippen LogP contribution in [-0.2, 0) is 22.5 Å². The molecular weight excluding hydrogens is 392 g/mol. The predicted octanol–water partition coefficient (Wildman–Crippen LogP) is 4.75. The number of hydrogen-bond donors (Lipinski definition) is 2. The first-order valence-corrected chi connectivity index (χ1v) is 9.55. The number of hydrogen-bond acceptors (Lipinski definition) is 4. The molecule has 0 radical (unpaired) electrons. The molecule has 3 rings (SSSR count). The Morgan fingerprint density at radius 1 is 1.17 bits per heavy atom. The number of aryl methyl sites for hydroxylation is 1. The van der Waals surface area contributed by atoms with E-state index in [1.807, 2.05) is 50.2 Å². The molecule has 1 heterocycles. The van der Waals surface area contributed by atoms with E-state index in [1.54, 1.807) is 7.11 Å². The van der Waals surface area contributed by atoms with E-state index in [0.29, 0.717) is 23.6 Å². The van der Waals surface area contributed by atoms with Crippen molar-refractivity contribution < 1.29 is 19.5 Å². The Labute approximate surface area is 174 Å². The minimum atomic E-state index is -1.06. The van der Waals surface area contributed by atoms with Crippen molar-refractivity contribution >= 4 is 34.2 Å². The van der Waals surface area contributed by atoms with Crippen LogP contribution >= 0.6 is 11.6 Å². The third-order valence-corrected chi connectivity index (χ3v) is 4.95. The van der Waals surface area contributed by atoms with Gasteiger partial charge in [0.05, 0.1) is 12.8 Å². The van der Waals surface area contributed by atoms with Crippen LogP contribution in [0.15, 0.2) is 41.6 Å². The number of halogens is 1. The minimum Gasteiger partial charge on any atom is -0.496 e. The summed E-state index contributed by atoms with van der Waals surface area (Å²) < 4.78 is 5.65. The van der Waals surface area contributed by atoms with Gasteiger partial charge in [0.2, 0.25) is 6.61 Å². The molecule has 0 aliphatic carbocycles. The van der Waals surface area contributed by atoms with Gasteiger partial charge in [-0.2, -0.15) is 0 Å². The summed E-state index contributed by atoms with van der Waals surface area (Å²) in [6.45, 7) is 3.37. The number of aliphatic carboxylic acids is 1. The molecule has 0 unspecified atom stereocenters. The fourth-order valence-corrected chi connectivity index (χ4v) is 3.55. The Bertz CT molecular complexity index is 1050. The number of oxime groups is 1. The van der Waals surface area contributed by atoms with Crippen LogP contribution in [0.4, 0.5) is 0 Å². The fraction of sp³-hybridized carbons (Fsp3) is 0.273. The molecule has 0 amide bonds. The van der Waals surface area contributed by atoms with Crippen LogP contribution in [0.1, 0.15) is 29.3 Å². The number of ether oxygens (including phenoxy) is 1. The highest BCUT2D eigenvalue weighted by molar-refractivity contribution is 6.30. The minimum absolute atomic E-state index is 0.458. The van der Waals surface area contributed by atoms with Crippen molar-refractivity contribution in [1.29, 1.82) is 0 Å². The molecule has 0 saturated carbocycles. The number of methoxy groups -OCH3 is 1. The quantitative estimate of drug-likeness (QED) is 0.411. The average Bonchev–Trinajstić information content (AvgIpc) is 2.99. The summed E-state index contributed by atoms with van der Waals surface area (Å²) in [6, 6.07) is 11.7. The summed E-state index contributed by atoms with van der Waals surface area (Å²) in [5.74, 6) is -0.246. The number of fused-ring (bicyclic) bond motifs is 1. The van der Waals surface area contributed by atoms with E-state index in [9.17, 15) is 4.79 Å². The lowest BCUT2D eigenvalue weighted by molar-refractivity contribution is -0.142. The molecule has 152 valence electrons. The van der Waals surface area contributed by atoms with E-state index in [4.69, 9.17) is 26.3 Å². The number of aromatic amines is 1.